The number of nitrogen functional groups attached to an aromatic ring is 1. The Labute approximate surface area is 137 Å². The number of carboxylic acids is 1. The SMILES string of the molecule is COc1ccc(OC)c(-c2cccc3c(N)c(C(=O)O)nnc23)c1. The molecule has 0 atom stereocenters. The summed E-state index contributed by atoms with van der Waals surface area (Å²) in [5.74, 6) is 0.0723. The fourth-order valence-electron chi connectivity index (χ4n) is 2.55. The third-order valence-corrected chi connectivity index (χ3v) is 3.73. The van der Waals surface area contributed by atoms with Crippen LogP contribution in [0.15, 0.2) is 36.4 Å². The minimum atomic E-state index is -1.22. The topological polar surface area (TPSA) is 108 Å². The average Bonchev–Trinajstić information content (AvgIpc) is 2.60. The molecule has 0 radical (unpaired) electrons. The molecule has 2 aromatic carbocycles. The molecule has 7 heteroatoms. The monoisotopic (exact) mass is 325 g/mol. The van der Waals surface area contributed by atoms with Gasteiger partial charge in [-0.2, -0.15) is 0 Å². The van der Waals surface area contributed by atoms with Crippen molar-refractivity contribution in [1.82, 2.24) is 10.2 Å². The highest BCUT2D eigenvalue weighted by Crippen LogP contribution is 2.37. The van der Waals surface area contributed by atoms with Gasteiger partial charge in [0.05, 0.1) is 19.9 Å². The third kappa shape index (κ3) is 2.45. The lowest BCUT2D eigenvalue weighted by Crippen LogP contribution is -2.08. The molecule has 0 aliphatic rings. The standard InChI is InChI=1S/C17H15N3O4/c1-23-9-6-7-13(24-2)12(8-9)10-4-3-5-11-14(18)16(17(21)22)20-19-15(10)11/h3-8H,1-2H3,(H2,18,19)(H,21,22). The number of nitrogens with zero attached hydrogens (tertiary/aromatic N) is 2. The van der Waals surface area contributed by atoms with Gasteiger partial charge in [0.2, 0.25) is 0 Å². The molecule has 0 fully saturated rings. The van der Waals surface area contributed by atoms with E-state index in [1.165, 1.54) is 0 Å². The van der Waals surface area contributed by atoms with Gasteiger partial charge in [-0.05, 0) is 18.2 Å². The average molecular weight is 325 g/mol. The largest absolute Gasteiger partial charge is 0.497 e. The second-order valence-electron chi connectivity index (χ2n) is 5.04. The zero-order valence-electron chi connectivity index (χ0n) is 13.1. The number of aromatic carboxylic acids is 1. The number of benzene rings is 2. The van der Waals surface area contributed by atoms with Crippen molar-refractivity contribution in [2.75, 3.05) is 20.0 Å². The van der Waals surface area contributed by atoms with E-state index < -0.39 is 5.97 Å². The fourth-order valence-corrected chi connectivity index (χ4v) is 2.55. The van der Waals surface area contributed by atoms with Crippen molar-refractivity contribution in [1.29, 1.82) is 0 Å². The maximum Gasteiger partial charge on any atom is 0.358 e. The number of carbonyl (C=O) groups is 1. The summed E-state index contributed by atoms with van der Waals surface area (Å²) < 4.78 is 10.7. The van der Waals surface area contributed by atoms with Crippen LogP contribution in [0, 0.1) is 0 Å². The molecule has 122 valence electrons. The highest BCUT2D eigenvalue weighted by atomic mass is 16.5. The zero-order valence-corrected chi connectivity index (χ0v) is 13.1. The molecule has 0 aliphatic carbocycles. The maximum atomic E-state index is 11.2. The Hall–Kier alpha value is -3.35. The number of rotatable bonds is 4. The maximum absolute atomic E-state index is 11.2. The predicted molar refractivity (Wildman–Crippen MR) is 89.4 cm³/mol. The molecule has 3 N–H and O–H groups in total. The van der Waals surface area contributed by atoms with E-state index >= 15 is 0 Å². The molecular formula is C17H15N3O4. The van der Waals surface area contributed by atoms with Gasteiger partial charge >= 0.3 is 5.97 Å². The molecule has 0 spiro atoms. The lowest BCUT2D eigenvalue weighted by atomic mass is 10.00. The Morgan fingerprint density at radius 2 is 1.88 bits per heavy atom. The first-order valence-electron chi connectivity index (χ1n) is 7.07. The minimum absolute atomic E-state index is 0.0798. The smallest absolute Gasteiger partial charge is 0.358 e. The number of methoxy groups -OCH3 is 2. The molecule has 24 heavy (non-hydrogen) atoms. The van der Waals surface area contributed by atoms with E-state index in [1.807, 2.05) is 12.1 Å². The van der Waals surface area contributed by atoms with Crippen molar-refractivity contribution in [3.05, 3.63) is 42.1 Å². The predicted octanol–water partition coefficient (Wildman–Crippen LogP) is 2.59. The summed E-state index contributed by atoms with van der Waals surface area (Å²) >= 11 is 0. The molecule has 3 aromatic rings. The van der Waals surface area contributed by atoms with E-state index in [4.69, 9.17) is 20.3 Å². The summed E-state index contributed by atoms with van der Waals surface area (Å²) in [5.41, 5.74) is 7.73. The van der Waals surface area contributed by atoms with E-state index in [9.17, 15) is 4.79 Å². The Morgan fingerprint density at radius 3 is 2.54 bits per heavy atom. The van der Waals surface area contributed by atoms with Gasteiger partial charge in [0.15, 0.2) is 5.69 Å². The molecule has 0 saturated carbocycles. The molecular weight excluding hydrogens is 310 g/mol. The molecule has 0 amide bonds. The van der Waals surface area contributed by atoms with Crippen LogP contribution in [0.3, 0.4) is 0 Å². The Kier molecular flexibility index (Phi) is 3.91. The zero-order chi connectivity index (χ0) is 17.3. The van der Waals surface area contributed by atoms with Gasteiger partial charge in [-0.15, -0.1) is 10.2 Å². The van der Waals surface area contributed by atoms with Gasteiger partial charge in [-0.3, -0.25) is 0 Å². The van der Waals surface area contributed by atoms with Crippen molar-refractivity contribution in [2.24, 2.45) is 0 Å². The second-order valence-corrected chi connectivity index (χ2v) is 5.04. The first kappa shape index (κ1) is 15.5. The van der Waals surface area contributed by atoms with Crippen LogP contribution in [-0.2, 0) is 0 Å². The van der Waals surface area contributed by atoms with Crippen LogP contribution >= 0.6 is 0 Å². The van der Waals surface area contributed by atoms with E-state index in [2.05, 4.69) is 10.2 Å². The van der Waals surface area contributed by atoms with Gasteiger partial charge in [-0.1, -0.05) is 18.2 Å². The molecule has 0 unspecified atom stereocenters. The Bertz CT molecular complexity index is 941. The van der Waals surface area contributed by atoms with Crippen LogP contribution < -0.4 is 15.2 Å². The van der Waals surface area contributed by atoms with Crippen molar-refractivity contribution in [3.63, 3.8) is 0 Å². The summed E-state index contributed by atoms with van der Waals surface area (Å²) in [7, 11) is 3.14. The molecule has 7 nitrogen and oxygen atoms in total. The van der Waals surface area contributed by atoms with E-state index in [1.54, 1.807) is 38.5 Å². The van der Waals surface area contributed by atoms with Crippen LogP contribution in [-0.4, -0.2) is 35.5 Å². The Balaban J connectivity index is 2.32. The lowest BCUT2D eigenvalue weighted by Gasteiger charge is -2.13. The number of fused-ring (bicyclic) bond motifs is 1. The van der Waals surface area contributed by atoms with Gasteiger partial charge < -0.3 is 20.3 Å². The number of carboxylic acid groups (broad SMARTS) is 1. The molecule has 1 aromatic heterocycles. The van der Waals surface area contributed by atoms with Gasteiger partial charge in [-0.25, -0.2) is 4.79 Å². The number of anilines is 1. The Morgan fingerprint density at radius 1 is 1.08 bits per heavy atom. The van der Waals surface area contributed by atoms with E-state index in [0.29, 0.717) is 22.4 Å². The van der Waals surface area contributed by atoms with Crippen LogP contribution in [0.4, 0.5) is 5.69 Å². The normalized spacial score (nSPS) is 10.6. The van der Waals surface area contributed by atoms with Crippen molar-refractivity contribution in [3.8, 4) is 22.6 Å². The highest BCUT2D eigenvalue weighted by molar-refractivity contribution is 6.06. The quantitative estimate of drug-likeness (QED) is 0.759. The molecule has 1 heterocycles. The van der Waals surface area contributed by atoms with Crippen LogP contribution in [0.1, 0.15) is 10.5 Å². The van der Waals surface area contributed by atoms with Gasteiger partial charge in [0.25, 0.3) is 0 Å². The minimum Gasteiger partial charge on any atom is -0.497 e. The van der Waals surface area contributed by atoms with Gasteiger partial charge in [0, 0.05) is 16.5 Å². The van der Waals surface area contributed by atoms with Crippen LogP contribution in [0.25, 0.3) is 22.0 Å². The number of nitrogens with two attached hydrogens (primary N) is 1. The van der Waals surface area contributed by atoms with Crippen LogP contribution in [0.5, 0.6) is 11.5 Å². The first-order chi connectivity index (χ1) is 11.6. The number of aromatic nitrogens is 2. The summed E-state index contributed by atoms with van der Waals surface area (Å²) in [5, 5.41) is 17.5. The third-order valence-electron chi connectivity index (χ3n) is 3.73. The molecule has 0 bridgehead atoms. The van der Waals surface area contributed by atoms with Crippen molar-refractivity contribution in [2.45, 2.75) is 0 Å². The van der Waals surface area contributed by atoms with E-state index in [-0.39, 0.29) is 11.4 Å². The summed E-state index contributed by atoms with van der Waals surface area (Å²) in [6, 6.07) is 10.7. The van der Waals surface area contributed by atoms with Crippen molar-refractivity contribution >= 4 is 22.6 Å². The number of hydrogen-bond donors (Lipinski definition) is 2. The summed E-state index contributed by atoms with van der Waals surface area (Å²) in [6.07, 6.45) is 0. The molecule has 0 saturated heterocycles. The van der Waals surface area contributed by atoms with Gasteiger partial charge in [0.1, 0.15) is 17.0 Å². The second kappa shape index (κ2) is 6.04. The molecule has 0 aliphatic heterocycles. The first-order valence-corrected chi connectivity index (χ1v) is 7.07. The van der Waals surface area contributed by atoms with Crippen molar-refractivity contribution < 1.29 is 19.4 Å². The fraction of sp³-hybridized carbons (Fsp3) is 0.118. The number of ether oxygens (including phenoxy) is 2. The molecule has 3 rings (SSSR count). The lowest BCUT2D eigenvalue weighted by molar-refractivity contribution is 0.0691. The summed E-state index contributed by atoms with van der Waals surface area (Å²) in [6.45, 7) is 0. The van der Waals surface area contributed by atoms with E-state index in [0.717, 1.165) is 11.1 Å². The highest BCUT2D eigenvalue weighted by Gasteiger charge is 2.18. The van der Waals surface area contributed by atoms with Crippen LogP contribution in [0.2, 0.25) is 0 Å². The number of hydrogen-bond acceptors (Lipinski definition) is 6. The summed E-state index contributed by atoms with van der Waals surface area (Å²) in [4.78, 5) is 11.2.